The van der Waals surface area contributed by atoms with Crippen molar-refractivity contribution in [2.24, 2.45) is 0 Å². The molecule has 2 amide bonds. The van der Waals surface area contributed by atoms with Crippen molar-refractivity contribution in [3.63, 3.8) is 0 Å². The zero-order valence-electron chi connectivity index (χ0n) is 14.7. The number of carbonyl (C=O) groups is 3. The van der Waals surface area contributed by atoms with Crippen molar-refractivity contribution in [2.75, 3.05) is 20.7 Å². The molecule has 7 heteroatoms. The number of fused-ring (bicyclic) bond motifs is 1. The van der Waals surface area contributed by atoms with Gasteiger partial charge in [-0.25, -0.2) is 4.79 Å². The Morgan fingerprint density at radius 3 is 2.54 bits per heavy atom. The zero-order valence-corrected chi connectivity index (χ0v) is 14.7. The summed E-state index contributed by atoms with van der Waals surface area (Å²) in [5, 5.41) is 0. The number of esters is 1. The predicted molar refractivity (Wildman–Crippen MR) is 92.2 cm³/mol. The van der Waals surface area contributed by atoms with Crippen LogP contribution >= 0.6 is 0 Å². The van der Waals surface area contributed by atoms with Gasteiger partial charge in [0, 0.05) is 27.1 Å². The molecule has 1 atom stereocenters. The number of benzene rings is 1. The average Bonchev–Trinajstić information content (AvgIpc) is 3.18. The van der Waals surface area contributed by atoms with E-state index in [2.05, 4.69) is 0 Å². The Bertz CT molecular complexity index is 813. The lowest BCUT2D eigenvalue weighted by Crippen LogP contribution is -2.49. The first-order valence-corrected chi connectivity index (χ1v) is 8.25. The van der Waals surface area contributed by atoms with Crippen LogP contribution in [0.1, 0.15) is 21.7 Å². The van der Waals surface area contributed by atoms with Crippen LogP contribution in [-0.2, 0) is 27.3 Å². The standard InChI is InChI=1S/C19H20N2O5/c1-20(2)17(22)12-26-19(24)15-10-13-6-3-4-7-14(13)11-21(15)18(23)16-8-5-9-25-16/h3-9,15H,10-12H2,1-2H3/t15-/m0/s1. The third-order valence-electron chi connectivity index (χ3n) is 4.35. The van der Waals surface area contributed by atoms with Crippen molar-refractivity contribution in [3.05, 3.63) is 59.5 Å². The Morgan fingerprint density at radius 2 is 1.88 bits per heavy atom. The molecule has 0 bridgehead atoms. The fourth-order valence-corrected chi connectivity index (χ4v) is 2.85. The maximum Gasteiger partial charge on any atom is 0.329 e. The Kier molecular flexibility index (Phi) is 5.06. The summed E-state index contributed by atoms with van der Waals surface area (Å²) in [4.78, 5) is 39.8. The Labute approximate surface area is 151 Å². The van der Waals surface area contributed by atoms with E-state index in [1.165, 1.54) is 16.1 Å². The summed E-state index contributed by atoms with van der Waals surface area (Å²) in [6.45, 7) is -0.0795. The number of likely N-dealkylation sites (N-methyl/N-ethyl adjacent to an activating group) is 1. The van der Waals surface area contributed by atoms with Gasteiger partial charge in [-0.2, -0.15) is 0 Å². The van der Waals surface area contributed by atoms with Crippen molar-refractivity contribution in [1.82, 2.24) is 9.80 Å². The normalized spacial score (nSPS) is 15.9. The molecule has 1 aliphatic heterocycles. The summed E-state index contributed by atoms with van der Waals surface area (Å²) in [5.74, 6) is -1.15. The molecule has 3 rings (SSSR count). The second kappa shape index (κ2) is 7.43. The molecule has 1 aromatic carbocycles. The van der Waals surface area contributed by atoms with E-state index < -0.39 is 12.0 Å². The number of amides is 2. The molecule has 2 heterocycles. The van der Waals surface area contributed by atoms with Crippen LogP contribution in [0.2, 0.25) is 0 Å². The van der Waals surface area contributed by atoms with Crippen molar-refractivity contribution < 1.29 is 23.5 Å². The molecular weight excluding hydrogens is 336 g/mol. The van der Waals surface area contributed by atoms with Crippen molar-refractivity contribution in [2.45, 2.75) is 19.0 Å². The van der Waals surface area contributed by atoms with Gasteiger partial charge in [0.1, 0.15) is 6.04 Å². The van der Waals surface area contributed by atoms with E-state index in [0.29, 0.717) is 6.42 Å². The van der Waals surface area contributed by atoms with Gasteiger partial charge in [-0.3, -0.25) is 9.59 Å². The van der Waals surface area contributed by atoms with Crippen LogP contribution in [0.4, 0.5) is 0 Å². The van der Waals surface area contributed by atoms with Gasteiger partial charge >= 0.3 is 5.97 Å². The summed E-state index contributed by atoms with van der Waals surface area (Å²) in [6.07, 6.45) is 1.74. The number of nitrogens with zero attached hydrogens (tertiary/aromatic N) is 2. The number of hydrogen-bond donors (Lipinski definition) is 0. The highest BCUT2D eigenvalue weighted by Gasteiger charge is 2.37. The maximum absolute atomic E-state index is 12.8. The fourth-order valence-electron chi connectivity index (χ4n) is 2.85. The van der Waals surface area contributed by atoms with Crippen LogP contribution in [0.15, 0.2) is 47.1 Å². The van der Waals surface area contributed by atoms with E-state index in [4.69, 9.17) is 9.15 Å². The Morgan fingerprint density at radius 1 is 1.15 bits per heavy atom. The monoisotopic (exact) mass is 356 g/mol. The number of hydrogen-bond acceptors (Lipinski definition) is 5. The van der Waals surface area contributed by atoms with Crippen LogP contribution in [0.3, 0.4) is 0 Å². The molecular formula is C19H20N2O5. The second-order valence-electron chi connectivity index (χ2n) is 6.29. The molecule has 0 unspecified atom stereocenters. The maximum atomic E-state index is 12.8. The molecule has 1 aromatic heterocycles. The van der Waals surface area contributed by atoms with Gasteiger partial charge in [-0.05, 0) is 23.3 Å². The highest BCUT2D eigenvalue weighted by molar-refractivity contribution is 5.95. The van der Waals surface area contributed by atoms with E-state index in [9.17, 15) is 14.4 Å². The molecule has 7 nitrogen and oxygen atoms in total. The molecule has 2 aromatic rings. The summed E-state index contributed by atoms with van der Waals surface area (Å²) in [5.41, 5.74) is 1.96. The molecule has 0 saturated carbocycles. The van der Waals surface area contributed by atoms with Crippen LogP contribution in [0, 0.1) is 0 Å². The van der Waals surface area contributed by atoms with E-state index in [1.54, 1.807) is 26.2 Å². The van der Waals surface area contributed by atoms with E-state index in [1.807, 2.05) is 24.3 Å². The van der Waals surface area contributed by atoms with E-state index in [0.717, 1.165) is 11.1 Å². The first kappa shape index (κ1) is 17.7. The molecule has 0 N–H and O–H groups in total. The minimum absolute atomic E-state index is 0.159. The van der Waals surface area contributed by atoms with E-state index >= 15 is 0 Å². The summed E-state index contributed by atoms with van der Waals surface area (Å²) in [6, 6.07) is 10.0. The summed E-state index contributed by atoms with van der Waals surface area (Å²) in [7, 11) is 3.17. The Hall–Kier alpha value is -3.09. The van der Waals surface area contributed by atoms with Gasteiger partial charge in [0.05, 0.1) is 6.26 Å². The molecule has 0 saturated heterocycles. The molecule has 0 spiro atoms. The highest BCUT2D eigenvalue weighted by Crippen LogP contribution is 2.26. The van der Waals surface area contributed by atoms with Gasteiger partial charge in [-0.1, -0.05) is 24.3 Å². The second-order valence-corrected chi connectivity index (χ2v) is 6.29. The van der Waals surface area contributed by atoms with Crippen LogP contribution in [0.5, 0.6) is 0 Å². The van der Waals surface area contributed by atoms with Crippen LogP contribution in [-0.4, -0.2) is 54.3 Å². The Balaban J connectivity index is 1.83. The first-order valence-electron chi connectivity index (χ1n) is 8.25. The largest absolute Gasteiger partial charge is 0.459 e. The molecule has 0 fully saturated rings. The topological polar surface area (TPSA) is 80.1 Å². The minimum Gasteiger partial charge on any atom is -0.459 e. The van der Waals surface area contributed by atoms with Crippen molar-refractivity contribution in [3.8, 4) is 0 Å². The predicted octanol–water partition coefficient (Wildman–Crippen LogP) is 1.48. The number of rotatable bonds is 4. The minimum atomic E-state index is -0.808. The number of ether oxygens (including phenoxy) is 1. The molecule has 1 aliphatic rings. The molecule has 0 radical (unpaired) electrons. The van der Waals surface area contributed by atoms with Gasteiger partial charge in [-0.15, -0.1) is 0 Å². The van der Waals surface area contributed by atoms with Gasteiger partial charge in [0.15, 0.2) is 12.4 Å². The average molecular weight is 356 g/mol. The summed E-state index contributed by atoms with van der Waals surface area (Å²) < 4.78 is 10.4. The summed E-state index contributed by atoms with van der Waals surface area (Å²) >= 11 is 0. The molecule has 136 valence electrons. The SMILES string of the molecule is CN(C)C(=O)COC(=O)[C@@H]1Cc2ccccc2CN1C(=O)c1ccco1. The lowest BCUT2D eigenvalue weighted by atomic mass is 9.93. The third kappa shape index (κ3) is 3.61. The van der Waals surface area contributed by atoms with Gasteiger partial charge < -0.3 is 19.0 Å². The van der Waals surface area contributed by atoms with Gasteiger partial charge in [0.25, 0.3) is 11.8 Å². The lowest BCUT2D eigenvalue weighted by molar-refractivity contribution is -0.155. The van der Waals surface area contributed by atoms with Crippen molar-refractivity contribution >= 4 is 17.8 Å². The zero-order chi connectivity index (χ0) is 18.7. The van der Waals surface area contributed by atoms with Crippen LogP contribution < -0.4 is 0 Å². The lowest BCUT2D eigenvalue weighted by Gasteiger charge is -2.34. The number of carbonyl (C=O) groups excluding carboxylic acids is 3. The third-order valence-corrected chi connectivity index (χ3v) is 4.35. The first-order chi connectivity index (χ1) is 12.5. The molecule has 0 aliphatic carbocycles. The number of furan rings is 1. The van der Waals surface area contributed by atoms with Gasteiger partial charge in [0.2, 0.25) is 0 Å². The smallest absolute Gasteiger partial charge is 0.329 e. The van der Waals surface area contributed by atoms with Crippen LogP contribution in [0.25, 0.3) is 0 Å². The highest BCUT2D eigenvalue weighted by atomic mass is 16.5. The molecule has 26 heavy (non-hydrogen) atoms. The fraction of sp³-hybridized carbons (Fsp3) is 0.316. The van der Waals surface area contributed by atoms with E-state index in [-0.39, 0.29) is 30.7 Å². The van der Waals surface area contributed by atoms with Crippen molar-refractivity contribution in [1.29, 1.82) is 0 Å². The quantitative estimate of drug-likeness (QED) is 0.775.